The number of halogens is 2. The maximum absolute atomic E-state index is 13.8. The summed E-state index contributed by atoms with van der Waals surface area (Å²) in [4.78, 5) is 27.8. The minimum absolute atomic E-state index is 0.00776. The molecule has 3 aromatic carbocycles. The van der Waals surface area contributed by atoms with Gasteiger partial charge >= 0.3 is 0 Å². The first-order valence-corrected chi connectivity index (χ1v) is 13.9. The predicted octanol–water partition coefficient (Wildman–Crippen LogP) is 5.05. The molecule has 7 nitrogen and oxygen atoms in total. The monoisotopic (exact) mass is 561 g/mol. The Kier molecular flexibility index (Phi) is 9.59. The summed E-state index contributed by atoms with van der Waals surface area (Å²) < 4.78 is 28.5. The molecule has 0 radical (unpaired) electrons. The second-order valence-corrected chi connectivity index (χ2v) is 11.3. The third kappa shape index (κ3) is 7.25. The number of nitrogens with one attached hydrogen (secondary N) is 1. The predicted molar refractivity (Wildman–Crippen MR) is 147 cm³/mol. The van der Waals surface area contributed by atoms with Gasteiger partial charge in [0.15, 0.2) is 0 Å². The molecule has 0 spiro atoms. The molecule has 3 rings (SSSR count). The second kappa shape index (κ2) is 12.4. The lowest BCUT2D eigenvalue weighted by Crippen LogP contribution is -2.51. The molecule has 0 saturated carbocycles. The van der Waals surface area contributed by atoms with Crippen LogP contribution in [0, 0.1) is 6.92 Å². The van der Waals surface area contributed by atoms with Crippen molar-refractivity contribution < 1.29 is 18.0 Å². The number of amides is 2. The Hall–Kier alpha value is -3.07. The van der Waals surface area contributed by atoms with E-state index in [0.717, 1.165) is 15.4 Å². The quantitative estimate of drug-likeness (QED) is 0.375. The number of sulfonamides is 1. The van der Waals surface area contributed by atoms with E-state index in [9.17, 15) is 18.0 Å². The Balaban J connectivity index is 2.05. The maximum Gasteiger partial charge on any atom is 0.264 e. The van der Waals surface area contributed by atoms with Gasteiger partial charge in [0.2, 0.25) is 11.8 Å². The van der Waals surface area contributed by atoms with E-state index >= 15 is 0 Å². The maximum atomic E-state index is 13.8. The van der Waals surface area contributed by atoms with Crippen LogP contribution in [0.3, 0.4) is 0 Å². The van der Waals surface area contributed by atoms with E-state index < -0.39 is 28.5 Å². The third-order valence-electron chi connectivity index (χ3n) is 5.74. The molecule has 0 bridgehead atoms. The van der Waals surface area contributed by atoms with E-state index in [1.165, 1.54) is 35.2 Å². The number of nitrogens with zero attached hydrogens (tertiary/aromatic N) is 2. The lowest BCUT2D eigenvalue weighted by atomic mass is 10.1. The molecule has 0 fully saturated rings. The van der Waals surface area contributed by atoms with Crippen molar-refractivity contribution in [2.75, 3.05) is 17.4 Å². The van der Waals surface area contributed by atoms with Crippen LogP contribution in [0.1, 0.15) is 25.0 Å². The minimum atomic E-state index is -4.19. The van der Waals surface area contributed by atoms with E-state index in [-0.39, 0.29) is 33.1 Å². The molecule has 0 unspecified atom stereocenters. The van der Waals surface area contributed by atoms with Crippen LogP contribution in [0.2, 0.25) is 10.0 Å². The summed E-state index contributed by atoms with van der Waals surface area (Å²) in [6.07, 6.45) is 0. The highest BCUT2D eigenvalue weighted by Gasteiger charge is 2.32. The lowest BCUT2D eigenvalue weighted by Gasteiger charge is -2.32. The Morgan fingerprint density at radius 2 is 1.54 bits per heavy atom. The van der Waals surface area contributed by atoms with Crippen LogP contribution < -0.4 is 9.62 Å². The molecule has 196 valence electrons. The van der Waals surface area contributed by atoms with E-state index in [1.54, 1.807) is 26.0 Å². The van der Waals surface area contributed by atoms with Gasteiger partial charge in [0.1, 0.15) is 12.6 Å². The first-order chi connectivity index (χ1) is 17.5. The zero-order valence-corrected chi connectivity index (χ0v) is 23.1. The average molecular weight is 563 g/mol. The van der Waals surface area contributed by atoms with Crippen molar-refractivity contribution in [3.63, 3.8) is 0 Å². The second-order valence-electron chi connectivity index (χ2n) is 8.53. The zero-order valence-electron chi connectivity index (χ0n) is 20.8. The molecular weight excluding hydrogens is 533 g/mol. The molecule has 0 aliphatic carbocycles. The van der Waals surface area contributed by atoms with Crippen molar-refractivity contribution in [1.82, 2.24) is 10.2 Å². The van der Waals surface area contributed by atoms with E-state index in [4.69, 9.17) is 23.2 Å². The van der Waals surface area contributed by atoms with Gasteiger partial charge in [0, 0.05) is 23.1 Å². The fourth-order valence-corrected chi connectivity index (χ4v) is 5.65. The summed E-state index contributed by atoms with van der Waals surface area (Å²) in [6, 6.07) is 19.0. The summed E-state index contributed by atoms with van der Waals surface area (Å²) in [5, 5.41) is 3.16. The fraction of sp³-hybridized carbons (Fsp3) is 0.259. The van der Waals surface area contributed by atoms with Crippen molar-refractivity contribution in [2.24, 2.45) is 0 Å². The molecule has 37 heavy (non-hydrogen) atoms. The van der Waals surface area contributed by atoms with Gasteiger partial charge in [-0.1, -0.05) is 71.2 Å². The van der Waals surface area contributed by atoms with Gasteiger partial charge in [-0.25, -0.2) is 8.42 Å². The lowest BCUT2D eigenvalue weighted by molar-refractivity contribution is -0.139. The first-order valence-electron chi connectivity index (χ1n) is 11.7. The van der Waals surface area contributed by atoms with Crippen molar-refractivity contribution in [2.45, 2.75) is 38.3 Å². The molecule has 1 atom stereocenters. The van der Waals surface area contributed by atoms with Crippen molar-refractivity contribution in [3.8, 4) is 0 Å². The Morgan fingerprint density at radius 3 is 2.11 bits per heavy atom. The molecule has 3 aromatic rings. The summed E-state index contributed by atoms with van der Waals surface area (Å²) in [7, 11) is -4.19. The van der Waals surface area contributed by atoms with E-state index in [0.29, 0.717) is 6.54 Å². The topological polar surface area (TPSA) is 86.8 Å². The van der Waals surface area contributed by atoms with Crippen LogP contribution in [0.5, 0.6) is 0 Å². The number of carbonyl (C=O) groups excluding carboxylic acids is 2. The molecule has 0 aromatic heterocycles. The van der Waals surface area contributed by atoms with Crippen LogP contribution in [-0.2, 0) is 26.2 Å². The van der Waals surface area contributed by atoms with Gasteiger partial charge < -0.3 is 10.2 Å². The molecule has 0 aliphatic heterocycles. The summed E-state index contributed by atoms with van der Waals surface area (Å²) in [5.74, 6) is -0.903. The van der Waals surface area contributed by atoms with Crippen LogP contribution in [-0.4, -0.2) is 44.3 Å². The van der Waals surface area contributed by atoms with Crippen LogP contribution in [0.25, 0.3) is 0 Å². The van der Waals surface area contributed by atoms with E-state index in [2.05, 4.69) is 5.32 Å². The molecule has 1 N–H and O–H groups in total. The largest absolute Gasteiger partial charge is 0.355 e. The number of rotatable bonds is 10. The Morgan fingerprint density at radius 1 is 0.946 bits per heavy atom. The molecule has 2 amide bonds. The van der Waals surface area contributed by atoms with Gasteiger partial charge in [0.25, 0.3) is 10.0 Å². The van der Waals surface area contributed by atoms with E-state index in [1.807, 2.05) is 37.3 Å². The van der Waals surface area contributed by atoms with Gasteiger partial charge in [-0.2, -0.15) is 0 Å². The average Bonchev–Trinajstić information content (AvgIpc) is 2.85. The molecular formula is C27H29Cl2N3O4S. The highest BCUT2D eigenvalue weighted by atomic mass is 35.5. The number of likely N-dealkylation sites (N-methyl/N-ethyl adjacent to an activating group) is 1. The zero-order chi connectivity index (χ0) is 27.2. The summed E-state index contributed by atoms with van der Waals surface area (Å²) in [6.45, 7) is 5.19. The van der Waals surface area contributed by atoms with Crippen molar-refractivity contribution in [3.05, 3.63) is 94.0 Å². The fourth-order valence-electron chi connectivity index (χ4n) is 3.73. The molecule has 0 heterocycles. The third-order valence-corrected chi connectivity index (χ3v) is 7.96. The van der Waals surface area contributed by atoms with Gasteiger partial charge in [-0.05, 0) is 56.7 Å². The summed E-state index contributed by atoms with van der Waals surface area (Å²) >= 11 is 12.4. The number of anilines is 1. The number of hydrogen-bond donors (Lipinski definition) is 1. The highest BCUT2D eigenvalue weighted by molar-refractivity contribution is 7.92. The smallest absolute Gasteiger partial charge is 0.264 e. The number of carbonyl (C=O) groups is 2. The van der Waals surface area contributed by atoms with Gasteiger partial charge in [-0.3, -0.25) is 13.9 Å². The van der Waals surface area contributed by atoms with Crippen molar-refractivity contribution >= 4 is 50.7 Å². The Labute approximate surface area is 228 Å². The van der Waals surface area contributed by atoms with Gasteiger partial charge in [0.05, 0.1) is 10.6 Å². The van der Waals surface area contributed by atoms with Gasteiger partial charge in [-0.15, -0.1) is 0 Å². The number of hydrogen-bond acceptors (Lipinski definition) is 4. The minimum Gasteiger partial charge on any atom is -0.355 e. The van der Waals surface area contributed by atoms with Crippen LogP contribution in [0.4, 0.5) is 5.69 Å². The summed E-state index contributed by atoms with van der Waals surface area (Å²) in [5.41, 5.74) is 1.82. The normalized spacial score (nSPS) is 12.0. The molecule has 0 saturated heterocycles. The number of aryl methyl sites for hydroxylation is 1. The number of benzene rings is 3. The highest BCUT2D eigenvalue weighted by Crippen LogP contribution is 2.30. The molecule has 10 heteroatoms. The molecule has 0 aliphatic rings. The first kappa shape index (κ1) is 28.5. The Bertz CT molecular complexity index is 1330. The van der Waals surface area contributed by atoms with Crippen LogP contribution >= 0.6 is 23.2 Å². The van der Waals surface area contributed by atoms with Crippen LogP contribution in [0.15, 0.2) is 77.7 Å². The SMILES string of the molecule is CCNC(=O)[C@@H](C)N(Cc1ccccc1)C(=O)CN(c1cc(Cl)cc(Cl)c1)S(=O)(=O)c1ccc(C)cc1. The standard InChI is InChI=1S/C27H29Cl2N3O4S/c1-4-30-27(34)20(3)31(17-21-8-6-5-7-9-21)26(33)18-32(24-15-22(28)14-23(29)16-24)37(35,36)25-12-10-19(2)11-13-25/h5-16,20H,4,17-18H2,1-3H3,(H,30,34)/t20-/m1/s1. The van der Waals surface area contributed by atoms with Crippen molar-refractivity contribution in [1.29, 1.82) is 0 Å².